The van der Waals surface area contributed by atoms with Crippen LogP contribution in [-0.2, 0) is 14.8 Å². The van der Waals surface area contributed by atoms with Crippen molar-refractivity contribution in [3.05, 3.63) is 101 Å². The number of hydrogen-bond acceptors (Lipinski definition) is 5. The molecule has 172 valence electrons. The Kier molecular flexibility index (Phi) is 7.46. The lowest BCUT2D eigenvalue weighted by molar-refractivity contribution is -0.117. The highest BCUT2D eigenvalue weighted by molar-refractivity contribution is 7.92. The number of hydrazine groups is 1. The lowest BCUT2D eigenvalue weighted by atomic mass is 10.1. The maximum atomic E-state index is 12.8. The summed E-state index contributed by atoms with van der Waals surface area (Å²) in [6.45, 7) is 3.70. The van der Waals surface area contributed by atoms with Gasteiger partial charge in [-0.3, -0.25) is 25.2 Å². The lowest BCUT2D eigenvalue weighted by Gasteiger charge is -2.12. The molecule has 0 heterocycles. The van der Waals surface area contributed by atoms with Crippen molar-refractivity contribution < 1.29 is 18.0 Å². The predicted molar refractivity (Wildman–Crippen MR) is 129 cm³/mol. The number of amides is 2. The summed E-state index contributed by atoms with van der Waals surface area (Å²) in [4.78, 5) is 24.7. The fourth-order valence-electron chi connectivity index (χ4n) is 3.05. The van der Waals surface area contributed by atoms with Crippen molar-refractivity contribution in [1.82, 2.24) is 10.9 Å². The maximum Gasteiger partial charge on any atom is 0.280 e. The molecule has 3 rings (SSSR count). The third-order valence-corrected chi connectivity index (χ3v) is 6.16. The molecule has 3 aromatic rings. The van der Waals surface area contributed by atoms with Crippen molar-refractivity contribution in [3.63, 3.8) is 0 Å². The fourth-order valence-corrected chi connectivity index (χ4v) is 4.23. The van der Waals surface area contributed by atoms with Crippen molar-refractivity contribution in [2.24, 2.45) is 0 Å². The SMILES string of the molecule is Cc1ccc(NS(=O)(=O)c2cccc(C(=O)NNC(=O)/C(C#N)=C\c3ccccc3)c2)c(C)c1. The van der Waals surface area contributed by atoms with Crippen LogP contribution in [-0.4, -0.2) is 20.2 Å². The molecule has 0 saturated heterocycles. The van der Waals surface area contributed by atoms with E-state index in [1.54, 1.807) is 55.5 Å². The largest absolute Gasteiger partial charge is 0.280 e. The summed E-state index contributed by atoms with van der Waals surface area (Å²) in [6, 6.07) is 21.2. The highest BCUT2D eigenvalue weighted by atomic mass is 32.2. The Morgan fingerprint density at radius 3 is 2.32 bits per heavy atom. The Balaban J connectivity index is 1.71. The van der Waals surface area contributed by atoms with Crippen LogP contribution in [0, 0.1) is 25.2 Å². The smallest absolute Gasteiger partial charge is 0.279 e. The van der Waals surface area contributed by atoms with E-state index in [0.717, 1.165) is 11.1 Å². The summed E-state index contributed by atoms with van der Waals surface area (Å²) in [7, 11) is -3.96. The van der Waals surface area contributed by atoms with Gasteiger partial charge in [0, 0.05) is 5.56 Å². The average Bonchev–Trinajstić information content (AvgIpc) is 2.83. The number of nitrogens with zero attached hydrogens (tertiary/aromatic N) is 1. The first-order chi connectivity index (χ1) is 16.2. The second kappa shape index (κ2) is 10.5. The molecule has 0 aliphatic rings. The van der Waals surface area contributed by atoms with Gasteiger partial charge in [-0.15, -0.1) is 0 Å². The molecule has 0 fully saturated rings. The van der Waals surface area contributed by atoms with Crippen molar-refractivity contribution in [3.8, 4) is 6.07 Å². The van der Waals surface area contributed by atoms with Crippen LogP contribution >= 0.6 is 0 Å². The number of carbonyl (C=O) groups excluding carboxylic acids is 2. The second-order valence-corrected chi connectivity index (χ2v) is 9.12. The number of sulfonamides is 1. The van der Waals surface area contributed by atoms with Gasteiger partial charge in [0.15, 0.2) is 0 Å². The molecule has 0 atom stereocenters. The van der Waals surface area contributed by atoms with Crippen LogP contribution in [0.15, 0.2) is 83.3 Å². The minimum absolute atomic E-state index is 0.00866. The number of aryl methyl sites for hydroxylation is 2. The zero-order valence-corrected chi connectivity index (χ0v) is 19.3. The first kappa shape index (κ1) is 24.2. The molecule has 0 spiro atoms. The highest BCUT2D eigenvalue weighted by Gasteiger charge is 2.18. The van der Waals surface area contributed by atoms with Gasteiger partial charge in [0.25, 0.3) is 21.8 Å². The van der Waals surface area contributed by atoms with E-state index in [-0.39, 0.29) is 16.0 Å². The fraction of sp³-hybridized carbons (Fsp3) is 0.0800. The van der Waals surface area contributed by atoms with Gasteiger partial charge in [-0.2, -0.15) is 5.26 Å². The Labute approximate surface area is 198 Å². The predicted octanol–water partition coefficient (Wildman–Crippen LogP) is 3.47. The van der Waals surface area contributed by atoms with Gasteiger partial charge in [0.05, 0.1) is 10.6 Å². The standard InChI is InChI=1S/C25H22N4O4S/c1-17-11-12-23(18(2)13-17)29-34(32,33)22-10-6-9-20(15-22)24(30)27-28-25(31)21(16-26)14-19-7-4-3-5-8-19/h3-15,29H,1-2H3,(H,27,30)(H,28,31)/b21-14-. The monoisotopic (exact) mass is 474 g/mol. The first-order valence-corrected chi connectivity index (χ1v) is 11.7. The lowest BCUT2D eigenvalue weighted by Crippen LogP contribution is -2.42. The number of hydrogen-bond donors (Lipinski definition) is 3. The van der Waals surface area contributed by atoms with Gasteiger partial charge in [-0.1, -0.05) is 54.1 Å². The van der Waals surface area contributed by atoms with Gasteiger partial charge in [0.1, 0.15) is 11.6 Å². The van der Waals surface area contributed by atoms with Crippen LogP contribution < -0.4 is 15.6 Å². The Morgan fingerprint density at radius 2 is 1.65 bits per heavy atom. The van der Waals surface area contributed by atoms with E-state index in [2.05, 4.69) is 15.6 Å². The van der Waals surface area contributed by atoms with Crippen LogP contribution in [0.5, 0.6) is 0 Å². The van der Waals surface area contributed by atoms with Crippen LogP contribution in [0.1, 0.15) is 27.0 Å². The van der Waals surface area contributed by atoms with Crippen LogP contribution in [0.2, 0.25) is 0 Å². The molecule has 0 saturated carbocycles. The average molecular weight is 475 g/mol. The van der Waals surface area contributed by atoms with Gasteiger partial charge < -0.3 is 0 Å². The molecule has 3 N–H and O–H groups in total. The zero-order valence-electron chi connectivity index (χ0n) is 18.5. The number of nitrogens with one attached hydrogen (secondary N) is 3. The molecule has 0 aliphatic heterocycles. The molecular weight excluding hydrogens is 452 g/mol. The van der Waals surface area contributed by atoms with E-state index in [1.807, 2.05) is 13.0 Å². The minimum Gasteiger partial charge on any atom is -0.279 e. The van der Waals surface area contributed by atoms with E-state index >= 15 is 0 Å². The molecule has 2 amide bonds. The van der Waals surface area contributed by atoms with E-state index < -0.39 is 21.8 Å². The molecule has 0 unspecified atom stereocenters. The minimum atomic E-state index is -3.96. The molecule has 34 heavy (non-hydrogen) atoms. The van der Waals surface area contributed by atoms with Crippen LogP contribution in [0.3, 0.4) is 0 Å². The summed E-state index contributed by atoms with van der Waals surface area (Å²) in [5.74, 6) is -1.55. The van der Waals surface area contributed by atoms with Gasteiger partial charge >= 0.3 is 0 Å². The third kappa shape index (κ3) is 6.09. The van der Waals surface area contributed by atoms with E-state index in [0.29, 0.717) is 11.3 Å². The van der Waals surface area contributed by atoms with Gasteiger partial charge in [-0.05, 0) is 55.3 Å². The maximum absolute atomic E-state index is 12.8. The zero-order chi connectivity index (χ0) is 24.7. The topological polar surface area (TPSA) is 128 Å². The highest BCUT2D eigenvalue weighted by Crippen LogP contribution is 2.21. The van der Waals surface area contributed by atoms with Crippen molar-refractivity contribution >= 4 is 33.6 Å². The number of nitriles is 1. The molecular formula is C25H22N4O4S. The number of anilines is 1. The first-order valence-electron chi connectivity index (χ1n) is 10.2. The van der Waals surface area contributed by atoms with Crippen molar-refractivity contribution in [2.45, 2.75) is 18.7 Å². The Morgan fingerprint density at radius 1 is 0.912 bits per heavy atom. The molecule has 0 radical (unpaired) electrons. The molecule has 9 heteroatoms. The summed E-state index contributed by atoms with van der Waals surface area (Å²) >= 11 is 0. The molecule has 0 bridgehead atoms. The third-order valence-electron chi connectivity index (χ3n) is 4.80. The summed E-state index contributed by atoms with van der Waals surface area (Å²) in [6.07, 6.45) is 1.38. The number of benzene rings is 3. The Bertz CT molecular complexity index is 1410. The normalized spacial score (nSPS) is 11.3. The van der Waals surface area contributed by atoms with E-state index in [9.17, 15) is 23.3 Å². The summed E-state index contributed by atoms with van der Waals surface area (Å²) < 4.78 is 28.2. The molecule has 0 aliphatic carbocycles. The summed E-state index contributed by atoms with van der Waals surface area (Å²) in [5.41, 5.74) is 7.01. The molecule has 3 aromatic carbocycles. The number of rotatable bonds is 6. The summed E-state index contributed by atoms with van der Waals surface area (Å²) in [5, 5.41) is 9.26. The second-order valence-electron chi connectivity index (χ2n) is 7.44. The van der Waals surface area contributed by atoms with Gasteiger partial charge in [-0.25, -0.2) is 8.42 Å². The van der Waals surface area contributed by atoms with E-state index in [4.69, 9.17) is 0 Å². The molecule has 8 nitrogen and oxygen atoms in total. The van der Waals surface area contributed by atoms with Crippen molar-refractivity contribution in [1.29, 1.82) is 5.26 Å². The quantitative estimate of drug-likeness (QED) is 0.286. The van der Waals surface area contributed by atoms with Crippen LogP contribution in [0.25, 0.3) is 6.08 Å². The van der Waals surface area contributed by atoms with Crippen molar-refractivity contribution in [2.75, 3.05) is 4.72 Å². The molecule has 0 aromatic heterocycles. The Hall–Kier alpha value is -4.42. The van der Waals surface area contributed by atoms with Crippen LogP contribution in [0.4, 0.5) is 5.69 Å². The van der Waals surface area contributed by atoms with E-state index in [1.165, 1.54) is 30.3 Å². The number of carbonyl (C=O) groups is 2. The van der Waals surface area contributed by atoms with Gasteiger partial charge in [0.2, 0.25) is 0 Å².